The fraction of sp³-hybridized carbons (Fsp3) is 0.609. The van der Waals surface area contributed by atoms with Crippen LogP contribution in [0, 0.1) is 0 Å². The first kappa shape index (κ1) is 21.5. The van der Waals surface area contributed by atoms with Crippen LogP contribution >= 0.6 is 0 Å². The average Bonchev–Trinajstić information content (AvgIpc) is 3.30. The van der Waals surface area contributed by atoms with Gasteiger partial charge in [-0.25, -0.2) is 4.79 Å². The van der Waals surface area contributed by atoms with Gasteiger partial charge in [-0.15, -0.1) is 0 Å². The molecule has 2 fully saturated rings. The molecule has 1 aromatic carbocycles. The molecule has 1 atom stereocenters. The highest BCUT2D eigenvalue weighted by molar-refractivity contribution is 5.84. The van der Waals surface area contributed by atoms with Gasteiger partial charge in [0.2, 0.25) is 5.91 Å². The van der Waals surface area contributed by atoms with Gasteiger partial charge in [0.25, 0.3) is 5.56 Å². The topological polar surface area (TPSA) is 82.8 Å². The molecule has 168 valence electrons. The summed E-state index contributed by atoms with van der Waals surface area (Å²) in [4.78, 5) is 41.9. The number of methoxy groups -OCH3 is 2. The van der Waals surface area contributed by atoms with E-state index in [1.807, 2.05) is 11.8 Å². The zero-order valence-electron chi connectivity index (χ0n) is 18.6. The van der Waals surface area contributed by atoms with Crippen molar-refractivity contribution in [2.75, 3.05) is 20.8 Å². The third-order valence-electron chi connectivity index (χ3n) is 6.79. The molecule has 4 rings (SSSR count). The van der Waals surface area contributed by atoms with E-state index in [2.05, 4.69) is 0 Å². The lowest BCUT2D eigenvalue weighted by Crippen LogP contribution is -2.47. The lowest BCUT2D eigenvalue weighted by molar-refractivity contribution is -0.135. The Morgan fingerprint density at radius 1 is 1.00 bits per heavy atom. The quantitative estimate of drug-likeness (QED) is 0.730. The van der Waals surface area contributed by atoms with Crippen molar-refractivity contribution in [3.63, 3.8) is 0 Å². The Kier molecular flexibility index (Phi) is 6.07. The van der Waals surface area contributed by atoms with Gasteiger partial charge in [-0.2, -0.15) is 0 Å². The van der Waals surface area contributed by atoms with Crippen LogP contribution in [0.1, 0.15) is 57.9 Å². The number of benzene rings is 1. The van der Waals surface area contributed by atoms with Crippen molar-refractivity contribution in [2.24, 2.45) is 0 Å². The number of fused-ring (bicyclic) bond motifs is 1. The number of ether oxygens (including phenoxy) is 2. The number of amides is 1. The van der Waals surface area contributed by atoms with Crippen molar-refractivity contribution in [1.82, 2.24) is 14.0 Å². The van der Waals surface area contributed by atoms with E-state index in [9.17, 15) is 14.4 Å². The van der Waals surface area contributed by atoms with Gasteiger partial charge in [0, 0.05) is 24.7 Å². The normalized spacial score (nSPS) is 19.7. The maximum atomic E-state index is 13.5. The number of carbonyl (C=O) groups excluding carboxylic acids is 1. The summed E-state index contributed by atoms with van der Waals surface area (Å²) in [7, 11) is 3.02. The number of hydrogen-bond donors (Lipinski definition) is 0. The second-order valence-corrected chi connectivity index (χ2v) is 8.64. The van der Waals surface area contributed by atoms with Crippen molar-refractivity contribution in [3.05, 3.63) is 33.0 Å². The van der Waals surface area contributed by atoms with Crippen LogP contribution < -0.4 is 20.7 Å². The van der Waals surface area contributed by atoms with Crippen LogP contribution in [0.4, 0.5) is 0 Å². The number of rotatable bonds is 5. The Hall–Kier alpha value is -2.77. The van der Waals surface area contributed by atoms with Crippen molar-refractivity contribution < 1.29 is 14.3 Å². The summed E-state index contributed by atoms with van der Waals surface area (Å²) in [6.45, 7) is 2.65. The zero-order valence-corrected chi connectivity index (χ0v) is 18.6. The average molecular weight is 430 g/mol. The summed E-state index contributed by atoms with van der Waals surface area (Å²) in [6.07, 6.45) is 6.62. The standard InChI is InChI=1S/C23H31N3O5/c1-15-8-6-7-11-24(15)21(27)14-25-18-13-20(31-3)19(30-2)12-17(18)22(28)26(23(25)29)16-9-4-5-10-16/h12-13,15-16H,4-11,14H2,1-3H3. The first-order valence-electron chi connectivity index (χ1n) is 11.2. The summed E-state index contributed by atoms with van der Waals surface area (Å²) in [5, 5.41) is 0.364. The van der Waals surface area contributed by atoms with Crippen molar-refractivity contribution in [2.45, 2.75) is 70.5 Å². The van der Waals surface area contributed by atoms with Crippen LogP contribution in [-0.4, -0.2) is 46.7 Å². The first-order valence-corrected chi connectivity index (χ1v) is 11.2. The number of nitrogens with zero attached hydrogens (tertiary/aromatic N) is 3. The molecule has 1 aromatic heterocycles. The summed E-state index contributed by atoms with van der Waals surface area (Å²) >= 11 is 0. The molecule has 0 N–H and O–H groups in total. The van der Waals surface area contributed by atoms with Crippen molar-refractivity contribution >= 4 is 16.8 Å². The number of likely N-dealkylation sites (tertiary alicyclic amines) is 1. The third kappa shape index (κ3) is 3.83. The Morgan fingerprint density at radius 3 is 2.29 bits per heavy atom. The van der Waals surface area contributed by atoms with Crippen LogP contribution in [-0.2, 0) is 11.3 Å². The lowest BCUT2D eigenvalue weighted by atomic mass is 10.0. The molecule has 1 aliphatic heterocycles. The molecule has 2 aliphatic rings. The largest absolute Gasteiger partial charge is 0.493 e. The molecule has 1 saturated carbocycles. The molecule has 2 aromatic rings. The molecule has 0 radical (unpaired) electrons. The molecule has 2 heterocycles. The zero-order chi connectivity index (χ0) is 22.1. The molecule has 1 unspecified atom stereocenters. The fourth-order valence-electron chi connectivity index (χ4n) is 5.04. The van der Waals surface area contributed by atoms with E-state index in [0.717, 1.165) is 44.9 Å². The van der Waals surface area contributed by atoms with Crippen LogP contribution in [0.5, 0.6) is 11.5 Å². The van der Waals surface area contributed by atoms with E-state index >= 15 is 0 Å². The highest BCUT2D eigenvalue weighted by Crippen LogP contribution is 2.32. The van der Waals surface area contributed by atoms with E-state index in [4.69, 9.17) is 9.47 Å². The van der Waals surface area contributed by atoms with Crippen LogP contribution in [0.3, 0.4) is 0 Å². The summed E-state index contributed by atoms with van der Waals surface area (Å²) in [6, 6.07) is 3.26. The van der Waals surface area contributed by atoms with Crippen LogP contribution in [0.25, 0.3) is 10.9 Å². The maximum Gasteiger partial charge on any atom is 0.332 e. The molecule has 0 bridgehead atoms. The number of hydrogen-bond acceptors (Lipinski definition) is 5. The summed E-state index contributed by atoms with van der Waals surface area (Å²) < 4.78 is 13.6. The van der Waals surface area contributed by atoms with Gasteiger partial charge < -0.3 is 14.4 Å². The Bertz CT molecular complexity index is 1100. The summed E-state index contributed by atoms with van der Waals surface area (Å²) in [5.74, 6) is 0.744. The van der Waals surface area contributed by atoms with Crippen molar-refractivity contribution in [3.8, 4) is 11.5 Å². The Labute approximate surface area is 181 Å². The molecular weight excluding hydrogens is 398 g/mol. The van der Waals surface area contributed by atoms with Gasteiger partial charge in [0.05, 0.1) is 25.1 Å². The van der Waals surface area contributed by atoms with Gasteiger partial charge >= 0.3 is 5.69 Å². The van der Waals surface area contributed by atoms with E-state index in [1.54, 1.807) is 12.1 Å². The predicted molar refractivity (Wildman–Crippen MR) is 118 cm³/mol. The minimum absolute atomic E-state index is 0.0951. The fourth-order valence-corrected chi connectivity index (χ4v) is 5.04. The number of carbonyl (C=O) groups is 1. The van der Waals surface area contributed by atoms with E-state index in [1.165, 1.54) is 23.4 Å². The molecular formula is C23H31N3O5. The minimum Gasteiger partial charge on any atom is -0.493 e. The predicted octanol–water partition coefficient (Wildman–Crippen LogP) is 2.70. The van der Waals surface area contributed by atoms with Crippen LogP contribution in [0.2, 0.25) is 0 Å². The smallest absolute Gasteiger partial charge is 0.332 e. The molecule has 1 aliphatic carbocycles. The second kappa shape index (κ2) is 8.77. The van der Waals surface area contributed by atoms with Crippen LogP contribution in [0.15, 0.2) is 21.7 Å². The number of aromatic nitrogens is 2. The van der Waals surface area contributed by atoms with Crippen molar-refractivity contribution in [1.29, 1.82) is 0 Å². The van der Waals surface area contributed by atoms with Gasteiger partial charge in [-0.1, -0.05) is 12.8 Å². The second-order valence-electron chi connectivity index (χ2n) is 8.64. The Morgan fingerprint density at radius 2 is 1.65 bits per heavy atom. The molecule has 8 heteroatoms. The SMILES string of the molecule is COc1cc2c(=O)n(C3CCCC3)c(=O)n(CC(=O)N3CCCCC3C)c2cc1OC. The summed E-state index contributed by atoms with van der Waals surface area (Å²) in [5.41, 5.74) is -0.350. The monoisotopic (exact) mass is 429 g/mol. The van der Waals surface area contributed by atoms with E-state index in [0.29, 0.717) is 28.9 Å². The molecule has 31 heavy (non-hydrogen) atoms. The first-order chi connectivity index (χ1) is 15.0. The van der Waals surface area contributed by atoms with E-state index < -0.39 is 5.69 Å². The maximum absolute atomic E-state index is 13.5. The lowest BCUT2D eigenvalue weighted by Gasteiger charge is -2.33. The molecule has 0 spiro atoms. The van der Waals surface area contributed by atoms with Gasteiger partial charge in [-0.3, -0.25) is 18.7 Å². The minimum atomic E-state index is -0.422. The van der Waals surface area contributed by atoms with E-state index in [-0.39, 0.29) is 30.1 Å². The van der Waals surface area contributed by atoms with Gasteiger partial charge in [0.15, 0.2) is 11.5 Å². The molecule has 8 nitrogen and oxygen atoms in total. The highest BCUT2D eigenvalue weighted by Gasteiger charge is 2.28. The molecule has 1 amide bonds. The number of piperidine rings is 1. The highest BCUT2D eigenvalue weighted by atomic mass is 16.5. The Balaban J connectivity index is 1.89. The van der Waals surface area contributed by atoms with Gasteiger partial charge in [0.1, 0.15) is 6.54 Å². The third-order valence-corrected chi connectivity index (χ3v) is 6.79. The van der Waals surface area contributed by atoms with Gasteiger partial charge in [-0.05, 0) is 45.1 Å². The molecule has 1 saturated heterocycles.